The lowest BCUT2D eigenvalue weighted by molar-refractivity contribution is -0.385. The van der Waals surface area contributed by atoms with Gasteiger partial charge in [0.05, 0.1) is 28.8 Å². The number of hydrogen-bond donors (Lipinski definition) is 2. The van der Waals surface area contributed by atoms with E-state index in [9.17, 15) is 24.5 Å². The van der Waals surface area contributed by atoms with Crippen molar-refractivity contribution in [1.29, 1.82) is 0 Å². The molecule has 0 unspecified atom stereocenters. The predicted molar refractivity (Wildman–Crippen MR) is 93.2 cm³/mol. The van der Waals surface area contributed by atoms with Gasteiger partial charge in [-0.2, -0.15) is 0 Å². The smallest absolute Gasteiger partial charge is 0.345 e. The third kappa shape index (κ3) is 4.73. The van der Waals surface area contributed by atoms with Gasteiger partial charge in [0.1, 0.15) is 12.2 Å². The van der Waals surface area contributed by atoms with Crippen LogP contribution in [-0.4, -0.2) is 42.1 Å². The Morgan fingerprint density at radius 3 is 2.63 bits per heavy atom. The van der Waals surface area contributed by atoms with E-state index < -0.39 is 41.2 Å². The van der Waals surface area contributed by atoms with E-state index in [1.165, 1.54) is 6.07 Å². The molecule has 1 aliphatic heterocycles. The Morgan fingerprint density at radius 2 is 2.00 bits per heavy atom. The molecule has 0 aliphatic carbocycles. The first-order valence-corrected chi connectivity index (χ1v) is 8.21. The lowest BCUT2D eigenvalue weighted by Gasteiger charge is -2.26. The molecule has 2 amide bonds. The molecule has 1 atom stereocenters. The van der Waals surface area contributed by atoms with Crippen LogP contribution in [0.1, 0.15) is 24.2 Å². The molecule has 10 nitrogen and oxygen atoms in total. The number of nitro groups is 1. The number of benzene rings is 1. The van der Waals surface area contributed by atoms with E-state index in [0.29, 0.717) is 0 Å². The summed E-state index contributed by atoms with van der Waals surface area (Å²) < 4.78 is 10.00. The highest BCUT2D eigenvalue weighted by Crippen LogP contribution is 2.24. The van der Waals surface area contributed by atoms with Crippen molar-refractivity contribution in [1.82, 2.24) is 10.6 Å². The van der Waals surface area contributed by atoms with Crippen LogP contribution in [0, 0.1) is 10.1 Å². The zero-order chi connectivity index (χ0) is 20.1. The predicted octanol–water partition coefficient (Wildman–Crippen LogP) is 1.92. The Balaban J connectivity index is 2.26. The van der Waals surface area contributed by atoms with Crippen LogP contribution < -0.4 is 10.6 Å². The quantitative estimate of drug-likeness (QED) is 0.425. The molecule has 0 bridgehead atoms. The summed E-state index contributed by atoms with van der Waals surface area (Å²) in [5, 5.41) is 16.1. The second kappa shape index (κ2) is 8.49. The van der Waals surface area contributed by atoms with Crippen LogP contribution in [0.4, 0.5) is 10.5 Å². The molecule has 1 aromatic carbocycles. The van der Waals surface area contributed by atoms with Crippen molar-refractivity contribution >= 4 is 35.3 Å². The molecule has 2 N–H and O–H groups in total. The van der Waals surface area contributed by atoms with Gasteiger partial charge < -0.3 is 20.1 Å². The minimum atomic E-state index is -1.01. The third-order valence-electron chi connectivity index (χ3n) is 3.59. The van der Waals surface area contributed by atoms with Gasteiger partial charge in [0.25, 0.3) is 5.69 Å². The number of nitrogens with one attached hydrogen (secondary N) is 2. The first-order chi connectivity index (χ1) is 12.7. The fourth-order valence-electron chi connectivity index (χ4n) is 2.44. The number of carbonyl (C=O) groups is 3. The number of ether oxygens (including phenoxy) is 2. The van der Waals surface area contributed by atoms with Crippen LogP contribution in [0.15, 0.2) is 29.5 Å². The molecule has 27 heavy (non-hydrogen) atoms. The maximum atomic E-state index is 12.3. The normalized spacial score (nSPS) is 16.3. The van der Waals surface area contributed by atoms with E-state index in [-0.39, 0.29) is 28.5 Å². The van der Waals surface area contributed by atoms with E-state index in [2.05, 4.69) is 10.6 Å². The van der Waals surface area contributed by atoms with Gasteiger partial charge in [-0.25, -0.2) is 14.4 Å². The number of esters is 2. The lowest BCUT2D eigenvalue weighted by Crippen LogP contribution is -2.50. The molecule has 0 fully saturated rings. The largest absolute Gasteiger partial charge is 0.463 e. The van der Waals surface area contributed by atoms with E-state index in [1.54, 1.807) is 13.8 Å². The van der Waals surface area contributed by atoms with Crippen LogP contribution in [0.2, 0.25) is 5.02 Å². The summed E-state index contributed by atoms with van der Waals surface area (Å²) in [5.74, 6) is -1.68. The number of nitro benzene ring substituents is 1. The second-order valence-electron chi connectivity index (χ2n) is 5.43. The number of hydrogen-bond acceptors (Lipinski definition) is 7. The molecule has 11 heteroatoms. The molecule has 0 spiro atoms. The Morgan fingerprint density at radius 1 is 1.30 bits per heavy atom. The van der Waals surface area contributed by atoms with Crippen LogP contribution in [0.5, 0.6) is 0 Å². The van der Waals surface area contributed by atoms with E-state index in [1.807, 2.05) is 0 Å². The maximum Gasteiger partial charge on any atom is 0.345 e. The SMILES string of the molecule is CCOC(=O)C1=C(COC(=O)c2ccc(Cl)cc2[N+](=O)[O-])NC(=O)N[C@@H]1C. The molecule has 1 aliphatic rings. The fraction of sp³-hybridized carbons (Fsp3) is 0.312. The Hall–Kier alpha value is -3.14. The molecular weight excluding hydrogens is 382 g/mol. The molecule has 144 valence electrons. The van der Waals surface area contributed by atoms with Crippen molar-refractivity contribution in [2.45, 2.75) is 19.9 Å². The van der Waals surface area contributed by atoms with Gasteiger partial charge in [0.15, 0.2) is 0 Å². The van der Waals surface area contributed by atoms with Crippen LogP contribution in [0.25, 0.3) is 0 Å². The minimum Gasteiger partial charge on any atom is -0.463 e. The van der Waals surface area contributed by atoms with Gasteiger partial charge in [-0.05, 0) is 26.0 Å². The molecule has 0 saturated heterocycles. The summed E-state index contributed by atoms with van der Waals surface area (Å²) >= 11 is 5.71. The van der Waals surface area contributed by atoms with Crippen molar-refractivity contribution in [3.05, 3.63) is 50.2 Å². The topological polar surface area (TPSA) is 137 Å². The molecule has 1 heterocycles. The Bertz CT molecular complexity index is 837. The molecule has 0 radical (unpaired) electrons. The maximum absolute atomic E-state index is 12.3. The van der Waals surface area contributed by atoms with Gasteiger partial charge >= 0.3 is 18.0 Å². The average molecular weight is 398 g/mol. The van der Waals surface area contributed by atoms with Gasteiger partial charge in [-0.15, -0.1) is 0 Å². The number of nitrogens with zero attached hydrogens (tertiary/aromatic N) is 1. The number of carbonyl (C=O) groups excluding carboxylic acids is 3. The first-order valence-electron chi connectivity index (χ1n) is 7.83. The van der Waals surface area contributed by atoms with Gasteiger partial charge in [-0.3, -0.25) is 10.1 Å². The number of amides is 2. The van der Waals surface area contributed by atoms with E-state index in [0.717, 1.165) is 12.1 Å². The van der Waals surface area contributed by atoms with E-state index in [4.69, 9.17) is 21.1 Å². The summed E-state index contributed by atoms with van der Waals surface area (Å²) in [5.41, 5.74) is -0.699. The van der Waals surface area contributed by atoms with Gasteiger partial charge in [0, 0.05) is 11.1 Å². The highest BCUT2D eigenvalue weighted by atomic mass is 35.5. The van der Waals surface area contributed by atoms with Crippen LogP contribution in [-0.2, 0) is 14.3 Å². The van der Waals surface area contributed by atoms with Crippen molar-refractivity contribution in [2.75, 3.05) is 13.2 Å². The Labute approximate surface area is 158 Å². The highest BCUT2D eigenvalue weighted by molar-refractivity contribution is 6.31. The zero-order valence-electron chi connectivity index (χ0n) is 14.4. The first kappa shape index (κ1) is 20.2. The average Bonchev–Trinajstić information content (AvgIpc) is 2.59. The Kier molecular flexibility index (Phi) is 6.35. The van der Waals surface area contributed by atoms with Crippen LogP contribution in [0.3, 0.4) is 0 Å². The molecule has 1 aromatic rings. The monoisotopic (exact) mass is 397 g/mol. The third-order valence-corrected chi connectivity index (χ3v) is 3.82. The summed E-state index contributed by atoms with van der Waals surface area (Å²) in [6.07, 6.45) is 0. The lowest BCUT2D eigenvalue weighted by atomic mass is 10.0. The standard InChI is InChI=1S/C16H16ClN3O7/c1-3-26-15(22)13-8(2)18-16(23)19-11(13)7-27-14(21)10-5-4-9(17)6-12(10)20(24)25/h4-6,8H,3,7H2,1-2H3,(H2,18,19,23)/t8-/m1/s1. The van der Waals surface area contributed by atoms with Gasteiger partial charge in [0.2, 0.25) is 0 Å². The highest BCUT2D eigenvalue weighted by Gasteiger charge is 2.31. The number of rotatable bonds is 6. The fourth-order valence-corrected chi connectivity index (χ4v) is 2.60. The van der Waals surface area contributed by atoms with Crippen LogP contribution >= 0.6 is 11.6 Å². The van der Waals surface area contributed by atoms with Crippen molar-refractivity contribution < 1.29 is 28.8 Å². The minimum absolute atomic E-state index is 0.0367. The van der Waals surface area contributed by atoms with Crippen molar-refractivity contribution in [2.24, 2.45) is 0 Å². The number of halogens is 1. The summed E-state index contributed by atoms with van der Waals surface area (Å²) in [6.45, 7) is 2.83. The molecule has 2 rings (SSSR count). The number of urea groups is 1. The van der Waals surface area contributed by atoms with Crippen molar-refractivity contribution in [3.8, 4) is 0 Å². The summed E-state index contributed by atoms with van der Waals surface area (Å²) in [6, 6.07) is 2.24. The van der Waals surface area contributed by atoms with Crippen molar-refractivity contribution in [3.63, 3.8) is 0 Å². The summed E-state index contributed by atoms with van der Waals surface area (Å²) in [4.78, 5) is 46.3. The zero-order valence-corrected chi connectivity index (χ0v) is 15.2. The van der Waals surface area contributed by atoms with Gasteiger partial charge in [-0.1, -0.05) is 11.6 Å². The molecule has 0 saturated carbocycles. The second-order valence-corrected chi connectivity index (χ2v) is 5.86. The molecular formula is C16H16ClN3O7. The summed E-state index contributed by atoms with van der Waals surface area (Å²) in [7, 11) is 0. The molecule has 0 aromatic heterocycles. The van der Waals surface area contributed by atoms with E-state index >= 15 is 0 Å².